The Morgan fingerprint density at radius 1 is 0.981 bits per heavy atom. The maximum absolute atomic E-state index is 13.5. The fourth-order valence-electron chi connectivity index (χ4n) is 7.17. The largest absolute Gasteiger partial charge is 0.504 e. The predicted molar refractivity (Wildman–Crippen MR) is 171 cm³/mol. The third-order valence-electron chi connectivity index (χ3n) is 10.0. The monoisotopic (exact) mass is 735 g/mol. The van der Waals surface area contributed by atoms with Crippen molar-refractivity contribution < 1.29 is 83.1 Å². The Morgan fingerprint density at radius 2 is 1.65 bits per heavy atom. The number of aromatic hydroxyl groups is 1. The number of ketones is 1. The number of likely N-dealkylation sites (tertiary alicyclic amines) is 1. The summed E-state index contributed by atoms with van der Waals surface area (Å²) >= 11 is 0. The number of benzene rings is 1. The molecule has 8 atom stereocenters. The van der Waals surface area contributed by atoms with E-state index in [-0.39, 0.29) is 23.7 Å². The summed E-state index contributed by atoms with van der Waals surface area (Å²) in [4.78, 5) is 87.3. The van der Waals surface area contributed by atoms with Crippen LogP contribution < -0.4 is 4.74 Å². The molecule has 0 amide bonds. The van der Waals surface area contributed by atoms with Gasteiger partial charge in [-0.1, -0.05) is 6.07 Å². The van der Waals surface area contributed by atoms with Crippen LogP contribution >= 0.6 is 0 Å². The Bertz CT molecular complexity index is 1690. The van der Waals surface area contributed by atoms with Crippen LogP contribution in [0.2, 0.25) is 0 Å². The highest BCUT2D eigenvalue weighted by Crippen LogP contribution is 2.62. The maximum atomic E-state index is 13.5. The van der Waals surface area contributed by atoms with Gasteiger partial charge in [0.2, 0.25) is 6.10 Å². The van der Waals surface area contributed by atoms with E-state index in [0.717, 1.165) is 6.92 Å². The Hall–Kier alpha value is -5.07. The van der Waals surface area contributed by atoms with E-state index in [1.165, 1.54) is 12.1 Å². The quantitative estimate of drug-likeness (QED) is 0.104. The fourth-order valence-corrected chi connectivity index (χ4v) is 7.17. The first-order valence-corrected chi connectivity index (χ1v) is 16.3. The number of likely N-dealkylation sites (N-methyl/N-ethyl adjacent to an activating group) is 1. The highest BCUT2D eigenvalue weighted by Gasteiger charge is 2.69. The van der Waals surface area contributed by atoms with Crippen LogP contribution in [0.15, 0.2) is 24.0 Å². The van der Waals surface area contributed by atoms with E-state index in [4.69, 9.17) is 29.5 Å². The molecule has 18 heteroatoms. The Morgan fingerprint density at radius 3 is 2.27 bits per heavy atom. The molecule has 52 heavy (non-hydrogen) atoms. The van der Waals surface area contributed by atoms with Crippen molar-refractivity contribution >= 4 is 41.6 Å². The highest BCUT2D eigenvalue weighted by atomic mass is 16.6. The van der Waals surface area contributed by atoms with Crippen molar-refractivity contribution in [2.24, 2.45) is 5.92 Å². The van der Waals surface area contributed by atoms with Gasteiger partial charge in [-0.25, -0.2) is 14.4 Å². The van der Waals surface area contributed by atoms with Gasteiger partial charge in [-0.05, 0) is 58.5 Å². The first-order valence-electron chi connectivity index (χ1n) is 16.3. The van der Waals surface area contributed by atoms with Gasteiger partial charge in [-0.15, -0.1) is 0 Å². The standard InChI is InChI=1S/C34H41NO17/c1-15-5-6-20(37)27-26(15)33-9-10-35(4)17(3)34(33,48)8-7-22(28(33)52-27)50-25(41)12-18(11-19(36)13-21(38)29(42)43)32(47)49-16(2)31(46)51-23(30(44)45)14-24(39)40/h5-7,16-18,21,23,28,37-38,48H,8-14H2,1-4H3,(H,39,40)(H,42,43)(H,44,45)/t16-,17+,18-,21-,23-,28-,33-,34+/m0/s1. The van der Waals surface area contributed by atoms with Gasteiger partial charge >= 0.3 is 35.8 Å². The van der Waals surface area contributed by atoms with E-state index in [0.29, 0.717) is 24.1 Å². The summed E-state index contributed by atoms with van der Waals surface area (Å²) in [5.41, 5.74) is -1.37. The summed E-state index contributed by atoms with van der Waals surface area (Å²) in [7, 11) is 1.85. The van der Waals surface area contributed by atoms with Crippen molar-refractivity contribution in [2.45, 2.75) is 101 Å². The third kappa shape index (κ3) is 7.58. The maximum Gasteiger partial charge on any atom is 0.348 e. The number of carboxylic acids is 3. The van der Waals surface area contributed by atoms with Gasteiger partial charge in [-0.2, -0.15) is 0 Å². The van der Waals surface area contributed by atoms with Gasteiger partial charge in [-0.3, -0.25) is 19.2 Å². The van der Waals surface area contributed by atoms with E-state index in [9.17, 15) is 48.9 Å². The summed E-state index contributed by atoms with van der Waals surface area (Å²) in [5, 5.41) is 59.8. The third-order valence-corrected chi connectivity index (χ3v) is 10.0. The lowest BCUT2D eigenvalue weighted by molar-refractivity contribution is -0.179. The van der Waals surface area contributed by atoms with E-state index in [1.54, 1.807) is 13.0 Å². The molecule has 0 aromatic heterocycles. The summed E-state index contributed by atoms with van der Waals surface area (Å²) in [5.74, 6) is -11.9. The molecule has 0 radical (unpaired) electrons. The number of phenols is 1. The number of ether oxygens (including phenoxy) is 4. The molecule has 3 aliphatic rings. The molecule has 1 aromatic rings. The second kappa shape index (κ2) is 15.3. The van der Waals surface area contributed by atoms with Crippen molar-refractivity contribution in [1.29, 1.82) is 0 Å². The van der Waals surface area contributed by atoms with Crippen molar-refractivity contribution in [3.63, 3.8) is 0 Å². The molecule has 6 N–H and O–H groups in total. The molecule has 0 bridgehead atoms. The van der Waals surface area contributed by atoms with Crippen molar-refractivity contribution in [3.8, 4) is 11.5 Å². The molecule has 2 aliphatic heterocycles. The van der Waals surface area contributed by atoms with Crippen LogP contribution in [0.1, 0.15) is 63.5 Å². The van der Waals surface area contributed by atoms with Gasteiger partial charge in [0.1, 0.15) is 11.5 Å². The van der Waals surface area contributed by atoms with Gasteiger partial charge in [0.15, 0.2) is 29.8 Å². The number of aryl methyl sites for hydroxylation is 1. The highest BCUT2D eigenvalue weighted by molar-refractivity contribution is 5.91. The van der Waals surface area contributed by atoms with Crippen LogP contribution in [0.25, 0.3) is 0 Å². The summed E-state index contributed by atoms with van der Waals surface area (Å²) < 4.78 is 21.7. The van der Waals surface area contributed by atoms with Crippen LogP contribution in [0.3, 0.4) is 0 Å². The first-order chi connectivity index (χ1) is 24.2. The average molecular weight is 736 g/mol. The van der Waals surface area contributed by atoms with Crippen LogP contribution in [0.5, 0.6) is 11.5 Å². The molecule has 18 nitrogen and oxygen atoms in total. The molecule has 1 aliphatic carbocycles. The number of nitrogens with zero attached hydrogens (tertiary/aromatic N) is 1. The molecular weight excluding hydrogens is 694 g/mol. The molecule has 0 saturated carbocycles. The Balaban J connectivity index is 1.59. The van der Waals surface area contributed by atoms with Crippen molar-refractivity contribution in [2.75, 3.05) is 13.6 Å². The number of carbonyl (C=O) groups excluding carboxylic acids is 4. The minimum Gasteiger partial charge on any atom is -0.504 e. The SMILES string of the molecule is Cc1ccc(O)c2c1[C@]13CCN(C)[C@H](C)[C@]1(O)CC=C(OC(=O)C[C@H](CC(=O)C[C@H](O)C(=O)O)C(=O)O[C@@H](C)C(=O)O[C@@H](CC(=O)O)C(=O)O)[C@@H]3O2. The van der Waals surface area contributed by atoms with Gasteiger partial charge in [0.05, 0.1) is 29.8 Å². The number of fused-ring (bicyclic) bond motifs is 1. The minimum absolute atomic E-state index is 0.00854. The zero-order chi connectivity index (χ0) is 38.9. The Kier molecular flexibility index (Phi) is 11.7. The average Bonchev–Trinajstić information content (AvgIpc) is 3.43. The van der Waals surface area contributed by atoms with E-state index >= 15 is 0 Å². The number of carbonyl (C=O) groups is 7. The molecule has 0 unspecified atom stereocenters. The molecule has 2 heterocycles. The number of aliphatic hydroxyl groups is 2. The Labute approximate surface area is 296 Å². The van der Waals surface area contributed by atoms with E-state index in [2.05, 4.69) is 4.74 Å². The van der Waals surface area contributed by atoms with Gasteiger partial charge in [0, 0.05) is 30.9 Å². The first kappa shape index (κ1) is 39.7. The molecule has 1 spiro atoms. The number of piperidine rings is 1. The number of carboxylic acid groups (broad SMARTS) is 3. The number of esters is 3. The summed E-state index contributed by atoms with van der Waals surface area (Å²) in [6.45, 7) is 5.11. The number of hydrogen-bond donors (Lipinski definition) is 6. The summed E-state index contributed by atoms with van der Waals surface area (Å²) in [6.07, 6.45) is -9.23. The normalized spacial score (nSPS) is 25.7. The number of phenolic OH excluding ortho intramolecular Hbond substituents is 1. The van der Waals surface area contributed by atoms with Gasteiger partial charge < -0.3 is 54.5 Å². The lowest BCUT2D eigenvalue weighted by Gasteiger charge is -2.58. The van der Waals surface area contributed by atoms with Crippen LogP contribution in [0.4, 0.5) is 0 Å². The topological polar surface area (TPSA) is 281 Å². The zero-order valence-electron chi connectivity index (χ0n) is 28.8. The molecule has 1 saturated heterocycles. The number of rotatable bonds is 15. The number of aliphatic hydroxyl groups excluding tert-OH is 1. The number of Topliss-reactive ketones (excluding diaryl/α,β-unsaturated/α-hetero) is 1. The molecular formula is C34H41NO17. The second-order valence-corrected chi connectivity index (χ2v) is 13.3. The smallest absolute Gasteiger partial charge is 0.348 e. The second-order valence-electron chi connectivity index (χ2n) is 13.3. The fraction of sp³-hybridized carbons (Fsp3) is 0.559. The molecule has 1 fully saturated rings. The lowest BCUT2D eigenvalue weighted by Crippen LogP contribution is -2.71. The van der Waals surface area contributed by atoms with Crippen LogP contribution in [-0.2, 0) is 53.2 Å². The van der Waals surface area contributed by atoms with E-state index in [1.807, 2.05) is 18.9 Å². The van der Waals surface area contributed by atoms with Crippen LogP contribution in [0, 0.1) is 12.8 Å². The summed E-state index contributed by atoms with van der Waals surface area (Å²) in [6, 6.07) is 2.71. The molecule has 284 valence electrons. The zero-order valence-corrected chi connectivity index (χ0v) is 28.8. The van der Waals surface area contributed by atoms with E-state index < -0.39 is 115 Å². The lowest BCUT2D eigenvalue weighted by atomic mass is 9.54. The number of aliphatic carboxylic acids is 3. The molecule has 4 rings (SSSR count). The minimum atomic E-state index is -2.13. The van der Waals surface area contributed by atoms with Crippen molar-refractivity contribution in [1.82, 2.24) is 4.90 Å². The number of hydrogen-bond acceptors (Lipinski definition) is 15. The van der Waals surface area contributed by atoms with Crippen LogP contribution in [-0.4, -0.2) is 127 Å². The van der Waals surface area contributed by atoms with Crippen molar-refractivity contribution in [3.05, 3.63) is 35.1 Å². The predicted octanol–water partition coefficient (Wildman–Crippen LogP) is 0.189. The molecule has 1 aromatic carbocycles. The van der Waals surface area contributed by atoms with Gasteiger partial charge in [0.25, 0.3) is 0 Å².